The number of hydrogen-bond acceptors (Lipinski definition) is 2. The number of hydrogen-bond donors (Lipinski definition) is 1. The molecule has 3 heteroatoms. The van der Waals surface area contributed by atoms with Crippen molar-refractivity contribution in [2.24, 2.45) is 0 Å². The van der Waals surface area contributed by atoms with Gasteiger partial charge in [-0.3, -0.25) is 0 Å². The zero-order chi connectivity index (χ0) is 14.2. The van der Waals surface area contributed by atoms with Crippen molar-refractivity contribution < 1.29 is 0 Å². The normalized spacial score (nSPS) is 13.3. The molecule has 3 nitrogen and oxygen atoms in total. The highest BCUT2D eigenvalue weighted by atomic mass is 15.3. The van der Waals surface area contributed by atoms with Crippen LogP contribution in [0.4, 0.5) is 5.82 Å². The first kappa shape index (κ1) is 12.2. The number of aromatic nitrogens is 2. The van der Waals surface area contributed by atoms with Crippen LogP contribution in [0.2, 0.25) is 0 Å². The SMILES string of the molecule is Nc1nn(-c2ccc(-c3ccccc3)cc2)c2c1CCC2. The van der Waals surface area contributed by atoms with Crippen molar-refractivity contribution >= 4 is 5.82 Å². The minimum Gasteiger partial charge on any atom is -0.382 e. The van der Waals surface area contributed by atoms with Crippen LogP contribution < -0.4 is 5.73 Å². The first-order chi connectivity index (χ1) is 10.3. The molecule has 0 saturated carbocycles. The van der Waals surface area contributed by atoms with Gasteiger partial charge in [0.15, 0.2) is 0 Å². The molecule has 1 aromatic heterocycles. The monoisotopic (exact) mass is 275 g/mol. The fourth-order valence-corrected chi connectivity index (χ4v) is 3.11. The first-order valence-corrected chi connectivity index (χ1v) is 7.35. The Balaban J connectivity index is 1.73. The predicted molar refractivity (Wildman–Crippen MR) is 85.4 cm³/mol. The van der Waals surface area contributed by atoms with Crippen molar-refractivity contribution in [3.8, 4) is 16.8 Å². The Bertz CT molecular complexity index is 770. The molecular weight excluding hydrogens is 258 g/mol. The maximum Gasteiger partial charge on any atom is 0.149 e. The molecule has 1 aliphatic carbocycles. The molecule has 104 valence electrons. The average Bonchev–Trinajstić information content (AvgIpc) is 3.13. The average molecular weight is 275 g/mol. The van der Waals surface area contributed by atoms with Crippen molar-refractivity contribution in [3.63, 3.8) is 0 Å². The zero-order valence-corrected chi connectivity index (χ0v) is 11.8. The summed E-state index contributed by atoms with van der Waals surface area (Å²) in [4.78, 5) is 0. The maximum absolute atomic E-state index is 6.02. The Morgan fingerprint density at radius 3 is 2.33 bits per heavy atom. The van der Waals surface area contributed by atoms with E-state index in [0.29, 0.717) is 5.82 Å². The summed E-state index contributed by atoms with van der Waals surface area (Å²) in [5.74, 6) is 0.689. The first-order valence-electron chi connectivity index (χ1n) is 7.35. The van der Waals surface area contributed by atoms with Gasteiger partial charge in [-0.1, -0.05) is 42.5 Å². The molecule has 1 aliphatic rings. The summed E-state index contributed by atoms with van der Waals surface area (Å²) in [5.41, 5.74) is 12.1. The molecule has 3 aromatic rings. The van der Waals surface area contributed by atoms with Gasteiger partial charge in [0.1, 0.15) is 5.82 Å². The topological polar surface area (TPSA) is 43.8 Å². The summed E-state index contributed by atoms with van der Waals surface area (Å²) < 4.78 is 2.01. The lowest BCUT2D eigenvalue weighted by atomic mass is 10.1. The highest BCUT2D eigenvalue weighted by Gasteiger charge is 2.21. The Labute approximate surface area is 124 Å². The van der Waals surface area contributed by atoms with Crippen LogP contribution in [0.3, 0.4) is 0 Å². The van der Waals surface area contributed by atoms with Gasteiger partial charge in [0.05, 0.1) is 5.69 Å². The number of nitrogens with zero attached hydrogens (tertiary/aromatic N) is 2. The van der Waals surface area contributed by atoms with Crippen molar-refractivity contribution in [3.05, 3.63) is 65.9 Å². The number of nitrogens with two attached hydrogens (primary N) is 1. The van der Waals surface area contributed by atoms with Crippen LogP contribution in [0.25, 0.3) is 16.8 Å². The summed E-state index contributed by atoms with van der Waals surface area (Å²) in [6.45, 7) is 0. The van der Waals surface area contributed by atoms with E-state index in [0.717, 1.165) is 18.5 Å². The number of benzene rings is 2. The molecule has 4 rings (SSSR count). The molecule has 2 aromatic carbocycles. The predicted octanol–water partition coefficient (Wildman–Crippen LogP) is 3.61. The van der Waals surface area contributed by atoms with Crippen LogP contribution in [-0.4, -0.2) is 9.78 Å². The molecule has 1 heterocycles. The lowest BCUT2D eigenvalue weighted by molar-refractivity contribution is 0.788. The minimum absolute atomic E-state index is 0.689. The summed E-state index contributed by atoms with van der Waals surface area (Å²) in [7, 11) is 0. The van der Waals surface area contributed by atoms with E-state index in [2.05, 4.69) is 53.6 Å². The van der Waals surface area contributed by atoms with Gasteiger partial charge >= 0.3 is 0 Å². The van der Waals surface area contributed by atoms with Gasteiger partial charge in [0.2, 0.25) is 0 Å². The Morgan fingerprint density at radius 2 is 1.57 bits per heavy atom. The van der Waals surface area contributed by atoms with Crippen molar-refractivity contribution in [1.29, 1.82) is 0 Å². The molecule has 0 aliphatic heterocycles. The summed E-state index contributed by atoms with van der Waals surface area (Å²) in [6.07, 6.45) is 3.31. The number of fused-ring (bicyclic) bond motifs is 1. The molecule has 0 spiro atoms. The molecule has 0 fully saturated rings. The van der Waals surface area contributed by atoms with Gasteiger partial charge in [-0.15, -0.1) is 0 Å². The van der Waals surface area contributed by atoms with Crippen molar-refractivity contribution in [2.75, 3.05) is 5.73 Å². The maximum atomic E-state index is 6.02. The molecule has 0 unspecified atom stereocenters. The van der Waals surface area contributed by atoms with Gasteiger partial charge in [-0.25, -0.2) is 4.68 Å². The molecule has 0 radical (unpaired) electrons. The van der Waals surface area contributed by atoms with Crippen LogP contribution in [0.5, 0.6) is 0 Å². The largest absolute Gasteiger partial charge is 0.382 e. The lowest BCUT2D eigenvalue weighted by Gasteiger charge is -2.07. The van der Waals surface area contributed by atoms with E-state index in [1.54, 1.807) is 0 Å². The third-order valence-corrected chi connectivity index (χ3v) is 4.18. The number of rotatable bonds is 2. The molecule has 0 amide bonds. The van der Waals surface area contributed by atoms with Gasteiger partial charge in [-0.05, 0) is 42.5 Å². The van der Waals surface area contributed by atoms with Crippen LogP contribution in [0.15, 0.2) is 54.6 Å². The molecule has 2 N–H and O–H groups in total. The van der Waals surface area contributed by atoms with Crippen molar-refractivity contribution in [1.82, 2.24) is 9.78 Å². The van der Waals surface area contributed by atoms with E-state index < -0.39 is 0 Å². The second-order valence-corrected chi connectivity index (χ2v) is 5.49. The van der Waals surface area contributed by atoms with E-state index in [1.807, 2.05) is 10.7 Å². The zero-order valence-electron chi connectivity index (χ0n) is 11.8. The number of anilines is 1. The second-order valence-electron chi connectivity index (χ2n) is 5.49. The Morgan fingerprint density at radius 1 is 0.857 bits per heavy atom. The van der Waals surface area contributed by atoms with Gasteiger partial charge in [0.25, 0.3) is 0 Å². The standard InChI is InChI=1S/C18H17N3/c19-18-16-7-4-8-17(16)21(20-18)15-11-9-14(10-12-15)13-5-2-1-3-6-13/h1-3,5-6,9-12H,4,7-8H2,(H2,19,20). The van der Waals surface area contributed by atoms with E-state index in [-0.39, 0.29) is 0 Å². The van der Waals surface area contributed by atoms with Crippen LogP contribution in [0.1, 0.15) is 17.7 Å². The van der Waals surface area contributed by atoms with Crippen LogP contribution in [0, 0.1) is 0 Å². The smallest absolute Gasteiger partial charge is 0.149 e. The van der Waals surface area contributed by atoms with E-state index in [4.69, 9.17) is 5.73 Å². The molecule has 0 saturated heterocycles. The van der Waals surface area contributed by atoms with Crippen molar-refractivity contribution in [2.45, 2.75) is 19.3 Å². The van der Waals surface area contributed by atoms with Gasteiger partial charge < -0.3 is 5.73 Å². The molecular formula is C18H17N3. The number of nitrogen functional groups attached to an aromatic ring is 1. The third kappa shape index (κ3) is 2.02. The summed E-state index contributed by atoms with van der Waals surface area (Å²) in [6, 6.07) is 18.9. The lowest BCUT2D eigenvalue weighted by Crippen LogP contribution is -2.01. The van der Waals surface area contributed by atoms with E-state index >= 15 is 0 Å². The minimum atomic E-state index is 0.689. The highest BCUT2D eigenvalue weighted by Crippen LogP contribution is 2.29. The van der Waals surface area contributed by atoms with Crippen LogP contribution >= 0.6 is 0 Å². The molecule has 0 atom stereocenters. The van der Waals surface area contributed by atoms with E-state index in [9.17, 15) is 0 Å². The molecule has 0 bridgehead atoms. The molecule has 21 heavy (non-hydrogen) atoms. The van der Waals surface area contributed by atoms with E-state index in [1.165, 1.54) is 28.8 Å². The van der Waals surface area contributed by atoms with Gasteiger partial charge in [-0.2, -0.15) is 5.10 Å². The Hall–Kier alpha value is -2.55. The fraction of sp³-hybridized carbons (Fsp3) is 0.167. The summed E-state index contributed by atoms with van der Waals surface area (Å²) in [5, 5.41) is 4.50. The second kappa shape index (κ2) is 4.77. The van der Waals surface area contributed by atoms with Gasteiger partial charge in [0, 0.05) is 11.3 Å². The highest BCUT2D eigenvalue weighted by molar-refractivity contribution is 5.64. The van der Waals surface area contributed by atoms with Crippen LogP contribution in [-0.2, 0) is 12.8 Å². The third-order valence-electron chi connectivity index (χ3n) is 4.18. The Kier molecular flexibility index (Phi) is 2.78. The summed E-state index contributed by atoms with van der Waals surface area (Å²) >= 11 is 0. The fourth-order valence-electron chi connectivity index (χ4n) is 3.11. The quantitative estimate of drug-likeness (QED) is 0.776.